The first-order valence-corrected chi connectivity index (χ1v) is 11.6. The summed E-state index contributed by atoms with van der Waals surface area (Å²) in [4.78, 5) is 18.0. The highest BCUT2D eigenvalue weighted by Gasteiger charge is 2.42. The molecule has 1 atom stereocenters. The van der Waals surface area contributed by atoms with E-state index in [1.165, 1.54) is 0 Å². The number of methoxy groups -OCH3 is 2. The summed E-state index contributed by atoms with van der Waals surface area (Å²) >= 11 is 5.16. The van der Waals surface area contributed by atoms with Gasteiger partial charge in [0.1, 0.15) is 6.04 Å². The molecule has 1 aromatic carbocycles. The van der Waals surface area contributed by atoms with E-state index < -0.39 is 0 Å². The second-order valence-electron chi connectivity index (χ2n) is 8.19. The smallest absolute Gasteiger partial charge is 0.227 e. The van der Waals surface area contributed by atoms with Gasteiger partial charge in [-0.3, -0.25) is 4.79 Å². The van der Waals surface area contributed by atoms with E-state index in [9.17, 15) is 4.79 Å². The van der Waals surface area contributed by atoms with Crippen molar-refractivity contribution >= 4 is 39.4 Å². The minimum absolute atomic E-state index is 0.102. The second kappa shape index (κ2) is 7.92. The predicted molar refractivity (Wildman–Crippen MR) is 120 cm³/mol. The Bertz CT molecular complexity index is 1050. The Morgan fingerprint density at radius 3 is 2.73 bits per heavy atom. The van der Waals surface area contributed by atoms with E-state index in [4.69, 9.17) is 14.6 Å². The van der Waals surface area contributed by atoms with Gasteiger partial charge in [-0.25, -0.2) is 4.68 Å². The molecule has 1 aliphatic carbocycles. The lowest BCUT2D eigenvalue weighted by Gasteiger charge is -2.38. The van der Waals surface area contributed by atoms with Gasteiger partial charge in [0.2, 0.25) is 11.1 Å². The molecular weight excluding hydrogens is 468 g/mol. The zero-order valence-electron chi connectivity index (χ0n) is 17.7. The van der Waals surface area contributed by atoms with Gasteiger partial charge in [0.15, 0.2) is 17.3 Å². The number of thioether (sulfide) groups is 1. The van der Waals surface area contributed by atoms with Crippen LogP contribution in [0, 0.1) is 5.41 Å². The molecule has 2 aromatic rings. The monoisotopic (exact) mass is 492 g/mol. The number of ether oxygens (including phenoxy) is 2. The predicted octanol–water partition coefficient (Wildman–Crippen LogP) is 4.83. The van der Waals surface area contributed by atoms with Crippen LogP contribution >= 0.6 is 27.7 Å². The Balaban J connectivity index is 1.92. The molecule has 30 heavy (non-hydrogen) atoms. The van der Waals surface area contributed by atoms with E-state index in [0.717, 1.165) is 33.5 Å². The van der Waals surface area contributed by atoms with Gasteiger partial charge in [0.25, 0.3) is 0 Å². The molecule has 1 unspecified atom stereocenters. The number of carbonyl (C=O) groups excluding carboxylic acids is 1. The number of halogens is 1. The third-order valence-electron chi connectivity index (χ3n) is 5.36. The standard InChI is InChI=1S/C21H25BrN4O3S/c1-6-30-20-24-19-23-13-9-21(2,3)10-14(27)16(13)17(26(19)25-20)11-7-12(22)18(29-5)15(8-11)28-4/h7-8,17H,6,9-10H2,1-5H3,(H,23,24,25). The molecule has 0 fully saturated rings. The third-order valence-corrected chi connectivity index (χ3v) is 6.67. The number of carbonyl (C=O) groups is 1. The Hall–Kier alpha value is -2.00. The van der Waals surface area contributed by atoms with Crippen molar-refractivity contribution in [1.82, 2.24) is 14.8 Å². The first-order valence-electron chi connectivity index (χ1n) is 9.82. The number of rotatable bonds is 5. The first kappa shape index (κ1) is 21.2. The zero-order valence-corrected chi connectivity index (χ0v) is 20.1. The van der Waals surface area contributed by atoms with Crippen molar-refractivity contribution in [2.24, 2.45) is 5.41 Å². The zero-order chi connectivity index (χ0) is 21.6. The highest BCUT2D eigenvalue weighted by atomic mass is 79.9. The lowest BCUT2D eigenvalue weighted by atomic mass is 9.73. The van der Waals surface area contributed by atoms with Crippen LogP contribution in [0.4, 0.5) is 5.95 Å². The molecule has 7 nitrogen and oxygen atoms in total. The maximum Gasteiger partial charge on any atom is 0.227 e. The van der Waals surface area contributed by atoms with Crippen molar-refractivity contribution in [3.8, 4) is 11.5 Å². The van der Waals surface area contributed by atoms with Gasteiger partial charge in [-0.15, -0.1) is 5.10 Å². The molecule has 0 radical (unpaired) electrons. The van der Waals surface area contributed by atoms with Crippen LogP contribution in [0.5, 0.6) is 11.5 Å². The maximum atomic E-state index is 13.3. The van der Waals surface area contributed by atoms with Gasteiger partial charge < -0.3 is 14.8 Å². The molecule has 0 saturated carbocycles. The lowest BCUT2D eigenvalue weighted by Crippen LogP contribution is -2.36. The number of nitrogens with one attached hydrogen (secondary N) is 1. The summed E-state index contributed by atoms with van der Waals surface area (Å²) in [5.74, 6) is 2.87. The minimum Gasteiger partial charge on any atom is -0.493 e. The lowest BCUT2D eigenvalue weighted by molar-refractivity contribution is -0.118. The fourth-order valence-corrected chi connectivity index (χ4v) is 5.36. The summed E-state index contributed by atoms with van der Waals surface area (Å²) < 4.78 is 13.6. The molecule has 1 aliphatic heterocycles. The highest BCUT2D eigenvalue weighted by molar-refractivity contribution is 9.10. The summed E-state index contributed by atoms with van der Waals surface area (Å²) in [6, 6.07) is 3.50. The van der Waals surface area contributed by atoms with Crippen LogP contribution in [-0.4, -0.2) is 40.5 Å². The van der Waals surface area contributed by atoms with E-state index >= 15 is 0 Å². The molecule has 4 rings (SSSR count). The Morgan fingerprint density at radius 1 is 1.30 bits per heavy atom. The average molecular weight is 493 g/mol. The van der Waals surface area contributed by atoms with Crippen molar-refractivity contribution in [2.45, 2.75) is 44.8 Å². The largest absolute Gasteiger partial charge is 0.493 e. The van der Waals surface area contributed by atoms with Crippen LogP contribution in [0.1, 0.15) is 45.2 Å². The second-order valence-corrected chi connectivity index (χ2v) is 10.3. The van der Waals surface area contributed by atoms with Gasteiger partial charge in [-0.05, 0) is 51.2 Å². The minimum atomic E-state index is -0.380. The number of allylic oxidation sites excluding steroid dienone is 2. The van der Waals surface area contributed by atoms with Crippen molar-refractivity contribution in [2.75, 3.05) is 25.3 Å². The number of fused-ring (bicyclic) bond motifs is 1. The number of hydrogen-bond donors (Lipinski definition) is 1. The summed E-state index contributed by atoms with van der Waals surface area (Å²) in [6.45, 7) is 6.31. The van der Waals surface area contributed by atoms with Crippen LogP contribution in [-0.2, 0) is 4.79 Å². The van der Waals surface area contributed by atoms with E-state index in [0.29, 0.717) is 29.0 Å². The molecule has 0 amide bonds. The van der Waals surface area contributed by atoms with E-state index in [1.807, 2.05) is 16.8 Å². The van der Waals surface area contributed by atoms with Gasteiger partial charge in [0.05, 0.1) is 18.7 Å². The third kappa shape index (κ3) is 3.62. The summed E-state index contributed by atoms with van der Waals surface area (Å²) in [6.07, 6.45) is 1.28. The van der Waals surface area contributed by atoms with Crippen LogP contribution in [0.15, 0.2) is 33.0 Å². The first-order chi connectivity index (χ1) is 14.3. The molecule has 0 spiro atoms. The van der Waals surface area contributed by atoms with E-state index in [2.05, 4.69) is 47.0 Å². The number of nitrogens with zero attached hydrogens (tertiary/aromatic N) is 3. The Morgan fingerprint density at radius 2 is 2.07 bits per heavy atom. The molecule has 1 aromatic heterocycles. The Kier molecular flexibility index (Phi) is 5.61. The average Bonchev–Trinajstić information content (AvgIpc) is 3.06. The molecule has 0 bridgehead atoms. The fraction of sp³-hybridized carbons (Fsp3) is 0.476. The van der Waals surface area contributed by atoms with Crippen LogP contribution < -0.4 is 14.8 Å². The quantitative estimate of drug-likeness (QED) is 0.598. The SMILES string of the molecule is CCSc1nc2n(n1)C(c1cc(Br)c(OC)c(OC)c1)C1=C(CC(C)(C)CC1=O)N2. The molecular formula is C21H25BrN4O3S. The normalized spacial score (nSPS) is 19.8. The van der Waals surface area contributed by atoms with Crippen molar-refractivity contribution in [3.05, 3.63) is 33.4 Å². The van der Waals surface area contributed by atoms with Crippen LogP contribution in [0.2, 0.25) is 0 Å². The maximum absolute atomic E-state index is 13.3. The molecule has 160 valence electrons. The molecule has 2 heterocycles. The van der Waals surface area contributed by atoms with Crippen molar-refractivity contribution in [3.63, 3.8) is 0 Å². The number of Topliss-reactive ketones (excluding diaryl/α,β-unsaturated/α-hetero) is 1. The van der Waals surface area contributed by atoms with Crippen LogP contribution in [0.25, 0.3) is 0 Å². The fourth-order valence-electron chi connectivity index (χ4n) is 4.18. The molecule has 0 saturated heterocycles. The van der Waals surface area contributed by atoms with E-state index in [-0.39, 0.29) is 17.2 Å². The van der Waals surface area contributed by atoms with Gasteiger partial charge in [-0.1, -0.05) is 32.5 Å². The number of benzene rings is 1. The molecule has 9 heteroatoms. The number of hydrogen-bond acceptors (Lipinski definition) is 7. The molecule has 1 N–H and O–H groups in total. The van der Waals surface area contributed by atoms with Gasteiger partial charge >= 0.3 is 0 Å². The highest BCUT2D eigenvalue weighted by Crippen LogP contribution is 2.47. The molecule has 2 aliphatic rings. The Labute approximate surface area is 188 Å². The van der Waals surface area contributed by atoms with Gasteiger partial charge in [0, 0.05) is 17.7 Å². The number of ketones is 1. The van der Waals surface area contributed by atoms with Crippen LogP contribution in [0.3, 0.4) is 0 Å². The topological polar surface area (TPSA) is 78.3 Å². The number of anilines is 1. The summed E-state index contributed by atoms with van der Waals surface area (Å²) in [5.41, 5.74) is 2.47. The van der Waals surface area contributed by atoms with E-state index in [1.54, 1.807) is 26.0 Å². The van der Waals surface area contributed by atoms with Crippen molar-refractivity contribution < 1.29 is 14.3 Å². The summed E-state index contributed by atoms with van der Waals surface area (Å²) in [5, 5.41) is 8.81. The number of aromatic nitrogens is 3. The summed E-state index contributed by atoms with van der Waals surface area (Å²) in [7, 11) is 3.20. The van der Waals surface area contributed by atoms with Gasteiger partial charge in [-0.2, -0.15) is 4.98 Å². The van der Waals surface area contributed by atoms with Crippen molar-refractivity contribution in [1.29, 1.82) is 0 Å².